The number of aliphatic hydroxyl groups is 4. The fraction of sp³-hybridized carbons (Fsp3) is 0.635. The lowest BCUT2D eigenvalue weighted by Crippen LogP contribution is -2.64. The molecule has 4 aliphatic rings. The van der Waals surface area contributed by atoms with Crippen LogP contribution in [0.1, 0.15) is 150 Å². The van der Waals surface area contributed by atoms with E-state index in [-0.39, 0.29) is 13.2 Å². The molecular weight excluding hydrogens is 1010 g/mol. The number of rotatable bonds is 31. The Morgan fingerprint density at radius 1 is 0.443 bits per heavy atom. The number of aromatic nitrogens is 1. The van der Waals surface area contributed by atoms with E-state index in [2.05, 4.69) is 55.7 Å². The van der Waals surface area contributed by atoms with Crippen molar-refractivity contribution < 1.29 is 63.1 Å². The Morgan fingerprint density at radius 2 is 0.810 bits per heavy atom. The van der Waals surface area contributed by atoms with Crippen LogP contribution in [0, 0.1) is 0 Å². The summed E-state index contributed by atoms with van der Waals surface area (Å²) < 4.78 is 55.4. The second-order valence-electron chi connectivity index (χ2n) is 21.9. The Bertz CT molecular complexity index is 2260. The number of ether oxygens (including phenoxy) is 9. The van der Waals surface area contributed by atoms with Crippen molar-refractivity contribution >= 4 is 11.4 Å². The molecule has 0 aliphatic carbocycles. The summed E-state index contributed by atoms with van der Waals surface area (Å²) in [5.74, 6) is 1.97. The number of pyridine rings is 1. The first-order valence-corrected chi connectivity index (χ1v) is 29.9. The van der Waals surface area contributed by atoms with Crippen molar-refractivity contribution in [3.05, 3.63) is 72.8 Å². The largest absolute Gasteiger partial charge is 0.490 e. The number of fused-ring (bicyclic) bond motifs is 2. The van der Waals surface area contributed by atoms with Crippen LogP contribution in [0.5, 0.6) is 17.2 Å². The third-order valence-corrected chi connectivity index (χ3v) is 15.5. The summed E-state index contributed by atoms with van der Waals surface area (Å²) in [4.78, 5) is 5.28. The minimum atomic E-state index is -1.25. The topological polar surface area (TPSA) is 201 Å². The second kappa shape index (κ2) is 31.0. The van der Waals surface area contributed by atoms with Gasteiger partial charge in [-0.25, -0.2) is 4.98 Å². The third kappa shape index (κ3) is 17.0. The van der Waals surface area contributed by atoms with Crippen molar-refractivity contribution in [3.63, 3.8) is 0 Å². The molecule has 79 heavy (non-hydrogen) atoms. The summed E-state index contributed by atoms with van der Waals surface area (Å²) in [5, 5.41) is 50.8. The van der Waals surface area contributed by atoms with Crippen LogP contribution in [0.4, 0.5) is 11.4 Å². The van der Waals surface area contributed by atoms with Crippen molar-refractivity contribution in [1.29, 1.82) is 0 Å². The molecule has 8 rings (SSSR count). The standard InChI is InChI=1S/C63H91N3O13/c1-6-9-12-15-18-21-32-71-51-37-46(38-52(72-33-22-19-16-13-10-7-2)59(51)73-34-23-20-17-14-11-8-3)45-35-49(43-24-28-47(29-25-43)64-62-57(69)55(67)60-53(78-62)39-74-41(4)76-60)66-50(36-45)44-26-30-48(31-27-44)65-63-58(70)56(68)61-54(79-63)40-75-42(5)77-61/h24-31,35-38,41-42,53-58,60-65,67-70H,6-23,32-34,39-40H2,1-5H3/t41-,42-,53+,54+,55+,56+,57+,58+,60+,61+,62+,63+/m0/s1. The van der Waals surface area contributed by atoms with Crippen LogP contribution in [0.15, 0.2) is 72.8 Å². The van der Waals surface area contributed by atoms with Gasteiger partial charge in [0.05, 0.1) is 44.4 Å². The molecule has 0 radical (unpaired) electrons. The highest BCUT2D eigenvalue weighted by Gasteiger charge is 2.49. The lowest BCUT2D eigenvalue weighted by Gasteiger charge is -2.46. The van der Waals surface area contributed by atoms with E-state index in [9.17, 15) is 20.4 Å². The number of hydrogen-bond donors (Lipinski definition) is 6. The van der Waals surface area contributed by atoms with Crippen molar-refractivity contribution in [2.24, 2.45) is 0 Å². The van der Waals surface area contributed by atoms with E-state index < -0.39 is 73.9 Å². The summed E-state index contributed by atoms with van der Waals surface area (Å²) in [6.45, 7) is 12.4. The number of anilines is 2. The van der Waals surface area contributed by atoms with Gasteiger partial charge in [0.25, 0.3) is 0 Å². The summed E-state index contributed by atoms with van der Waals surface area (Å²) in [7, 11) is 0. The van der Waals surface area contributed by atoms with Crippen molar-refractivity contribution in [3.8, 4) is 50.9 Å². The van der Waals surface area contributed by atoms with Crippen molar-refractivity contribution in [2.45, 2.75) is 224 Å². The van der Waals surface area contributed by atoms with Gasteiger partial charge in [-0.05, 0) is 92.8 Å². The smallest absolute Gasteiger partial charge is 0.203 e. The highest BCUT2D eigenvalue weighted by Crippen LogP contribution is 2.44. The monoisotopic (exact) mass is 1100 g/mol. The van der Waals surface area contributed by atoms with Gasteiger partial charge in [0.2, 0.25) is 5.75 Å². The fourth-order valence-corrected chi connectivity index (χ4v) is 10.8. The number of unbranched alkanes of at least 4 members (excludes halogenated alkanes) is 15. The Balaban J connectivity index is 1.11. The van der Waals surface area contributed by atoms with Crippen molar-refractivity contribution in [1.82, 2.24) is 4.98 Å². The number of hydrogen-bond acceptors (Lipinski definition) is 16. The maximum Gasteiger partial charge on any atom is 0.203 e. The highest BCUT2D eigenvalue weighted by atomic mass is 16.7. The zero-order valence-electron chi connectivity index (χ0n) is 47.5. The lowest BCUT2D eigenvalue weighted by molar-refractivity contribution is -0.317. The molecule has 436 valence electrons. The van der Waals surface area contributed by atoms with Gasteiger partial charge in [-0.1, -0.05) is 141 Å². The van der Waals surface area contributed by atoms with Gasteiger partial charge >= 0.3 is 0 Å². The predicted molar refractivity (Wildman–Crippen MR) is 306 cm³/mol. The van der Waals surface area contributed by atoms with E-state index in [1.54, 1.807) is 13.8 Å². The molecule has 0 unspecified atom stereocenters. The van der Waals surface area contributed by atoms with Gasteiger partial charge in [0, 0.05) is 22.5 Å². The molecule has 0 spiro atoms. The fourth-order valence-electron chi connectivity index (χ4n) is 10.8. The van der Waals surface area contributed by atoms with E-state index in [0.29, 0.717) is 59.8 Å². The first-order valence-electron chi connectivity index (χ1n) is 29.9. The van der Waals surface area contributed by atoms with Crippen molar-refractivity contribution in [2.75, 3.05) is 43.7 Å². The van der Waals surface area contributed by atoms with Crippen LogP contribution in [0.25, 0.3) is 33.6 Å². The quantitative estimate of drug-likeness (QED) is 0.0260. The third-order valence-electron chi connectivity index (χ3n) is 15.5. The van der Waals surface area contributed by atoms with Gasteiger partial charge in [-0.15, -0.1) is 0 Å². The summed E-state index contributed by atoms with van der Waals surface area (Å²) in [6, 6.07) is 23.8. The van der Waals surface area contributed by atoms with Gasteiger partial charge < -0.3 is 73.7 Å². The number of aliphatic hydroxyl groups excluding tert-OH is 4. The molecule has 3 aromatic carbocycles. The Hall–Kier alpha value is -4.59. The molecule has 4 fully saturated rings. The molecule has 5 heterocycles. The van der Waals surface area contributed by atoms with Crippen LogP contribution in [-0.4, -0.2) is 132 Å². The van der Waals surface area contributed by atoms with E-state index >= 15 is 0 Å². The molecule has 12 atom stereocenters. The van der Waals surface area contributed by atoms with Gasteiger partial charge in [-0.2, -0.15) is 0 Å². The molecule has 4 aliphatic heterocycles. The van der Waals surface area contributed by atoms with Crippen LogP contribution < -0.4 is 24.8 Å². The minimum Gasteiger partial charge on any atom is -0.490 e. The first-order chi connectivity index (χ1) is 38.5. The second-order valence-corrected chi connectivity index (χ2v) is 21.9. The molecule has 6 N–H and O–H groups in total. The average molecular weight is 1100 g/mol. The Labute approximate surface area is 469 Å². The molecule has 0 saturated carbocycles. The van der Waals surface area contributed by atoms with Crippen LogP contribution in [0.2, 0.25) is 0 Å². The summed E-state index contributed by atoms with van der Waals surface area (Å²) in [6.07, 6.45) is 10.5. The van der Waals surface area contributed by atoms with Gasteiger partial charge in [-0.3, -0.25) is 0 Å². The summed E-state index contributed by atoms with van der Waals surface area (Å²) in [5.41, 5.74) is 6.22. The zero-order valence-corrected chi connectivity index (χ0v) is 47.5. The van der Waals surface area contributed by atoms with E-state index in [1.807, 2.05) is 48.5 Å². The van der Waals surface area contributed by atoms with Gasteiger partial charge in [0.15, 0.2) is 36.5 Å². The maximum absolute atomic E-state index is 11.1. The van der Waals surface area contributed by atoms with E-state index in [4.69, 9.17) is 47.6 Å². The molecule has 4 saturated heterocycles. The Kier molecular flexibility index (Phi) is 23.7. The number of nitrogens with one attached hydrogen (secondary N) is 2. The van der Waals surface area contributed by atoms with Gasteiger partial charge in [0.1, 0.15) is 48.8 Å². The maximum atomic E-state index is 11.1. The molecule has 0 bridgehead atoms. The highest BCUT2D eigenvalue weighted by molar-refractivity contribution is 5.79. The first kappa shape index (κ1) is 60.5. The molecule has 0 amide bonds. The number of benzene rings is 3. The average Bonchev–Trinajstić information content (AvgIpc) is 3.47. The molecule has 1 aromatic heterocycles. The Morgan fingerprint density at radius 3 is 1.22 bits per heavy atom. The predicted octanol–water partition coefficient (Wildman–Crippen LogP) is 11.5. The normalized spacial score (nSPS) is 26.7. The number of nitrogens with zero attached hydrogens (tertiary/aromatic N) is 1. The van der Waals surface area contributed by atoms with E-state index in [1.165, 1.54) is 77.0 Å². The minimum absolute atomic E-state index is 0.235. The summed E-state index contributed by atoms with van der Waals surface area (Å²) >= 11 is 0. The molecule has 4 aromatic rings. The molecule has 16 heteroatoms. The van der Waals surface area contributed by atoms with Crippen LogP contribution >= 0.6 is 0 Å². The molecule has 16 nitrogen and oxygen atoms in total. The SMILES string of the molecule is CCCCCCCCOc1cc(-c2cc(-c3ccc(N[C@@H]4O[C@@H]5CO[C@H](C)O[C@H]5[C@H](O)[C@H]4O)cc3)nc(-c3ccc(N[C@@H]4O[C@@H]5CO[C@H](C)O[C@H]5[C@H](O)[C@H]4O)cc3)c2)cc(OCCCCCCCC)c1OCCCCCCCC. The lowest BCUT2D eigenvalue weighted by atomic mass is 9.97. The van der Waals surface area contributed by atoms with E-state index in [0.717, 1.165) is 60.8 Å². The van der Waals surface area contributed by atoms with Crippen LogP contribution in [-0.2, 0) is 28.4 Å². The van der Waals surface area contributed by atoms with Crippen LogP contribution in [0.3, 0.4) is 0 Å². The molecular formula is C63H91N3O13. The zero-order chi connectivity index (χ0) is 55.5.